The number of esters is 1. The molecule has 5 N–H and O–H groups in total. The number of ether oxygens (including phenoxy) is 2. The number of anilines is 1. The average Bonchev–Trinajstić information content (AvgIpc) is 3.44. The molecule has 0 aliphatic carbocycles. The number of aliphatic hydroxyl groups excluding tert-OH is 2. The lowest BCUT2D eigenvalue weighted by Crippen LogP contribution is -2.48. The molecule has 1 unspecified atom stereocenters. The predicted octanol–water partition coefficient (Wildman–Crippen LogP) is 1.85. The second kappa shape index (κ2) is 11.8. The Morgan fingerprint density at radius 1 is 1.29 bits per heavy atom. The number of benzene rings is 1. The Labute approximate surface area is 237 Å². The third-order valence-electron chi connectivity index (χ3n) is 6.34. The van der Waals surface area contributed by atoms with E-state index in [4.69, 9.17) is 24.3 Å². The van der Waals surface area contributed by atoms with Crippen molar-refractivity contribution in [1.82, 2.24) is 19.7 Å². The molecule has 0 radical (unpaired) electrons. The summed E-state index contributed by atoms with van der Waals surface area (Å²) < 4.78 is 38.4. The molecule has 0 saturated carbocycles. The second-order valence-electron chi connectivity index (χ2n) is 10.3. The first-order valence-electron chi connectivity index (χ1n) is 12.9. The number of carbonyl (C=O) groups is 1. The van der Waals surface area contributed by atoms with Crippen molar-refractivity contribution in [3.05, 3.63) is 54.5 Å². The van der Waals surface area contributed by atoms with Gasteiger partial charge in [-0.1, -0.05) is 18.2 Å². The van der Waals surface area contributed by atoms with Gasteiger partial charge in [0.1, 0.15) is 41.4 Å². The van der Waals surface area contributed by atoms with Gasteiger partial charge in [0.05, 0.1) is 18.4 Å². The summed E-state index contributed by atoms with van der Waals surface area (Å²) in [5, 5.41) is 29.1. The standard InChI is InChI=1S/C26H35N6O8P/c1-16(2)38-24(35)25(3,4)31-41(36,40-17-9-7-6-8-10-17)37-13-19-21(33)22(34)26(39-19,14-28-5)20-12-11-18-23(27)29-15-30-32(18)20/h6-12,14-16,19,21-22,33-34H,13H2,1-5H3,(H,31,36)(H2,27,29,30)/t19-,21-,22-,26+,41?/m1/s1. The van der Waals surface area contributed by atoms with E-state index in [1.165, 1.54) is 38.0 Å². The van der Waals surface area contributed by atoms with Gasteiger partial charge in [0, 0.05) is 13.3 Å². The molecule has 15 heteroatoms. The summed E-state index contributed by atoms with van der Waals surface area (Å²) in [6.45, 7) is 5.82. The average molecular weight is 591 g/mol. The second-order valence-corrected chi connectivity index (χ2v) is 12.0. The molecule has 1 aliphatic rings. The number of nitrogens with one attached hydrogen (secondary N) is 1. The van der Waals surface area contributed by atoms with Gasteiger partial charge in [0.25, 0.3) is 0 Å². The Morgan fingerprint density at radius 3 is 2.66 bits per heavy atom. The van der Waals surface area contributed by atoms with Crippen LogP contribution in [0.5, 0.6) is 5.75 Å². The van der Waals surface area contributed by atoms with E-state index in [9.17, 15) is 19.6 Å². The zero-order valence-corrected chi connectivity index (χ0v) is 24.3. The normalized spacial score (nSPS) is 24.6. The highest BCUT2D eigenvalue weighted by Gasteiger charge is 2.56. The van der Waals surface area contributed by atoms with Crippen LogP contribution in [0, 0.1) is 0 Å². The first kappa shape index (κ1) is 30.6. The minimum Gasteiger partial charge on any atom is -0.462 e. The van der Waals surface area contributed by atoms with Gasteiger partial charge in [-0.25, -0.2) is 14.1 Å². The van der Waals surface area contributed by atoms with Gasteiger partial charge in [-0.15, -0.1) is 0 Å². The van der Waals surface area contributed by atoms with Crippen molar-refractivity contribution in [2.75, 3.05) is 19.4 Å². The van der Waals surface area contributed by atoms with Crippen molar-refractivity contribution in [1.29, 1.82) is 0 Å². The van der Waals surface area contributed by atoms with Crippen molar-refractivity contribution in [3.63, 3.8) is 0 Å². The topological polar surface area (TPSA) is 192 Å². The number of nitrogens with two attached hydrogens (primary N) is 1. The van der Waals surface area contributed by atoms with Gasteiger partial charge < -0.3 is 29.9 Å². The fraction of sp³-hybridized carbons (Fsp3) is 0.462. The molecule has 14 nitrogen and oxygen atoms in total. The number of rotatable bonds is 11. The van der Waals surface area contributed by atoms with Crippen LogP contribution >= 0.6 is 7.75 Å². The minimum absolute atomic E-state index is 0.200. The number of fused-ring (bicyclic) bond motifs is 1. The van der Waals surface area contributed by atoms with Crippen molar-refractivity contribution in [2.45, 2.75) is 63.3 Å². The first-order chi connectivity index (χ1) is 19.3. The monoisotopic (exact) mass is 590 g/mol. The van der Waals surface area contributed by atoms with Crippen molar-refractivity contribution in [3.8, 4) is 5.75 Å². The summed E-state index contributed by atoms with van der Waals surface area (Å²) in [5.74, 6) is -0.278. The van der Waals surface area contributed by atoms with E-state index in [1.807, 2.05) is 0 Å². The lowest BCUT2D eigenvalue weighted by atomic mass is 9.92. The molecular weight excluding hydrogens is 555 g/mol. The quantitative estimate of drug-likeness (QED) is 0.144. The number of nitrogen functional groups attached to an aromatic ring is 1. The smallest absolute Gasteiger partial charge is 0.459 e. The molecule has 1 fully saturated rings. The van der Waals surface area contributed by atoms with Gasteiger partial charge in [-0.2, -0.15) is 10.2 Å². The first-order valence-corrected chi connectivity index (χ1v) is 14.4. The van der Waals surface area contributed by atoms with E-state index in [-0.39, 0.29) is 11.6 Å². The van der Waals surface area contributed by atoms with E-state index < -0.39 is 55.9 Å². The van der Waals surface area contributed by atoms with Crippen LogP contribution in [0.2, 0.25) is 0 Å². The highest BCUT2D eigenvalue weighted by atomic mass is 31.2. The molecule has 0 spiro atoms. The number of hydrogen-bond acceptors (Lipinski definition) is 12. The molecule has 3 aromatic rings. The van der Waals surface area contributed by atoms with Crippen LogP contribution in [0.25, 0.3) is 5.52 Å². The number of nitrogens with zero attached hydrogens (tertiary/aromatic N) is 4. The van der Waals surface area contributed by atoms with Crippen LogP contribution in [-0.4, -0.2) is 80.6 Å². The van der Waals surface area contributed by atoms with Gasteiger partial charge in [0.15, 0.2) is 11.4 Å². The molecule has 1 aliphatic heterocycles. The van der Waals surface area contributed by atoms with E-state index >= 15 is 0 Å². The summed E-state index contributed by atoms with van der Waals surface area (Å²) in [6.07, 6.45) is -2.09. The number of aromatic nitrogens is 3. The van der Waals surface area contributed by atoms with Gasteiger partial charge in [-0.3, -0.25) is 14.3 Å². The maximum atomic E-state index is 14.0. The van der Waals surface area contributed by atoms with Crippen LogP contribution < -0.4 is 15.3 Å². The van der Waals surface area contributed by atoms with Crippen LogP contribution in [0.1, 0.15) is 33.4 Å². The molecule has 41 heavy (non-hydrogen) atoms. The van der Waals surface area contributed by atoms with Crippen LogP contribution in [-0.2, 0) is 29.0 Å². The third-order valence-corrected chi connectivity index (χ3v) is 8.11. The Bertz CT molecular complexity index is 1450. The van der Waals surface area contributed by atoms with Crippen molar-refractivity contribution >= 4 is 31.3 Å². The summed E-state index contributed by atoms with van der Waals surface area (Å²) in [4.78, 5) is 20.8. The van der Waals surface area contributed by atoms with E-state index in [0.717, 1.165) is 0 Å². The fourth-order valence-corrected chi connectivity index (χ4v) is 6.11. The molecule has 0 bridgehead atoms. The lowest BCUT2D eigenvalue weighted by Gasteiger charge is -2.30. The van der Waals surface area contributed by atoms with Gasteiger partial charge in [-0.05, 0) is 52.0 Å². The van der Waals surface area contributed by atoms with Gasteiger partial charge >= 0.3 is 13.7 Å². The maximum Gasteiger partial charge on any atom is 0.459 e. The summed E-state index contributed by atoms with van der Waals surface area (Å²) in [6, 6.07) is 11.5. The minimum atomic E-state index is -4.32. The zero-order chi connectivity index (χ0) is 30.0. The molecule has 2 aromatic heterocycles. The molecular formula is C26H35N6O8P. The molecule has 4 rings (SSSR count). The number of para-hydroxylation sites is 1. The predicted molar refractivity (Wildman–Crippen MR) is 149 cm³/mol. The Kier molecular flexibility index (Phi) is 8.83. The third kappa shape index (κ3) is 6.27. The van der Waals surface area contributed by atoms with E-state index in [2.05, 4.69) is 20.2 Å². The SMILES string of the molecule is CN=C[C@@]1(c2ccc3c(N)ncnn23)O[C@H](COP(=O)(NC(C)(C)C(=O)OC(C)C)Oc2ccccc2)[C@@H](O)[C@H]1O. The van der Waals surface area contributed by atoms with E-state index in [1.54, 1.807) is 56.3 Å². The van der Waals surface area contributed by atoms with Crippen molar-refractivity contribution in [2.24, 2.45) is 4.99 Å². The molecule has 3 heterocycles. The Morgan fingerprint density at radius 2 is 2.00 bits per heavy atom. The van der Waals surface area contributed by atoms with Gasteiger partial charge in [0.2, 0.25) is 0 Å². The molecule has 5 atom stereocenters. The Balaban J connectivity index is 1.63. The Hall–Kier alpha value is -3.39. The number of aliphatic hydroxyl groups is 2. The molecule has 1 saturated heterocycles. The molecule has 222 valence electrons. The highest BCUT2D eigenvalue weighted by molar-refractivity contribution is 7.52. The maximum absolute atomic E-state index is 14.0. The fourth-order valence-electron chi connectivity index (χ4n) is 4.43. The van der Waals surface area contributed by atoms with Crippen LogP contribution in [0.3, 0.4) is 0 Å². The summed E-state index contributed by atoms with van der Waals surface area (Å²) in [7, 11) is -2.84. The summed E-state index contributed by atoms with van der Waals surface area (Å²) >= 11 is 0. The summed E-state index contributed by atoms with van der Waals surface area (Å²) in [5.41, 5.74) is 3.58. The largest absolute Gasteiger partial charge is 0.462 e. The van der Waals surface area contributed by atoms with Crippen LogP contribution in [0.4, 0.5) is 5.82 Å². The number of carbonyl (C=O) groups excluding carboxylic acids is 1. The lowest BCUT2D eigenvalue weighted by molar-refractivity contribution is -0.153. The van der Waals surface area contributed by atoms with Crippen molar-refractivity contribution < 1.29 is 38.1 Å². The number of hydrogen-bond donors (Lipinski definition) is 4. The van der Waals surface area contributed by atoms with E-state index in [0.29, 0.717) is 11.2 Å². The highest BCUT2D eigenvalue weighted by Crippen LogP contribution is 2.48. The molecule has 0 amide bonds. The zero-order valence-electron chi connectivity index (χ0n) is 23.4. The number of aliphatic imine (C=N–C) groups is 1. The van der Waals surface area contributed by atoms with Crippen LogP contribution in [0.15, 0.2) is 53.8 Å². The molecule has 1 aromatic carbocycles.